The van der Waals surface area contributed by atoms with Gasteiger partial charge in [-0.25, -0.2) is 0 Å². The molecule has 5 nitrogen and oxygen atoms in total. The van der Waals surface area contributed by atoms with E-state index in [-0.39, 0.29) is 22.7 Å². The molecule has 0 bridgehead atoms. The number of hydrogen-bond acceptors (Lipinski definition) is 4. The Kier molecular flexibility index (Phi) is 7.74. The molecule has 1 unspecified atom stereocenters. The van der Waals surface area contributed by atoms with Crippen LogP contribution in [0.25, 0.3) is 5.76 Å². The highest BCUT2D eigenvalue weighted by molar-refractivity contribution is 6.51. The van der Waals surface area contributed by atoms with Gasteiger partial charge >= 0.3 is 0 Å². The lowest BCUT2D eigenvalue weighted by Crippen LogP contribution is -2.29. The van der Waals surface area contributed by atoms with E-state index in [2.05, 4.69) is 27.7 Å². The third-order valence-electron chi connectivity index (χ3n) is 7.61. The van der Waals surface area contributed by atoms with E-state index in [9.17, 15) is 14.7 Å². The van der Waals surface area contributed by atoms with Crippen molar-refractivity contribution in [2.24, 2.45) is 0 Å². The smallest absolute Gasteiger partial charge is 0.300 e. The van der Waals surface area contributed by atoms with E-state index < -0.39 is 17.7 Å². The number of Topliss-reactive ketones (excluding diaryl/α,β-unsaturated/α-hetero) is 1. The lowest BCUT2D eigenvalue weighted by atomic mass is 9.87. The number of aliphatic hydroxyl groups is 1. The van der Waals surface area contributed by atoms with Gasteiger partial charge in [-0.2, -0.15) is 0 Å². The first-order valence-electron chi connectivity index (χ1n) is 13.6. The van der Waals surface area contributed by atoms with Crippen molar-refractivity contribution >= 4 is 23.1 Å². The Morgan fingerprint density at radius 1 is 1.00 bits per heavy atom. The Hall–Kier alpha value is -3.86. The summed E-state index contributed by atoms with van der Waals surface area (Å²) in [5.41, 5.74) is 5.89. The molecular weight excluding hydrogens is 486 g/mol. The number of ether oxygens (including phenoxy) is 1. The molecule has 0 saturated carbocycles. The molecule has 0 aromatic heterocycles. The van der Waals surface area contributed by atoms with Crippen LogP contribution in [-0.2, 0) is 21.4 Å². The standard InChI is InChI=1S/C34H39NO4/c1-9-22-10-12-23(13-11-22)30-29(31(36)27-19-26(20(2)3)28(39-8)18-21(27)4)32(37)33(38)35(30)25-16-14-24(15-17-25)34(5,6)7/h10-20,30,36H,9H2,1-8H3/b31-29+. The summed E-state index contributed by atoms with van der Waals surface area (Å²) < 4.78 is 5.58. The number of methoxy groups -OCH3 is 1. The highest BCUT2D eigenvalue weighted by atomic mass is 16.5. The SMILES string of the molecule is CCc1ccc(C2/C(=C(\O)c3cc(C(C)C)c(OC)cc3C)C(=O)C(=O)N2c2ccc(C(C)(C)C)cc2)cc1. The number of aryl methyl sites for hydroxylation is 2. The van der Waals surface area contributed by atoms with Crippen molar-refractivity contribution in [3.8, 4) is 5.75 Å². The minimum Gasteiger partial charge on any atom is -0.507 e. The number of ketones is 1. The van der Waals surface area contributed by atoms with Crippen LogP contribution in [-0.4, -0.2) is 23.9 Å². The first-order chi connectivity index (χ1) is 18.4. The molecule has 1 aliphatic heterocycles. The zero-order valence-electron chi connectivity index (χ0n) is 24.3. The predicted octanol–water partition coefficient (Wildman–Crippen LogP) is 7.61. The number of amides is 1. The average Bonchev–Trinajstić information content (AvgIpc) is 3.17. The van der Waals surface area contributed by atoms with Crippen LogP contribution in [0.1, 0.15) is 86.9 Å². The molecule has 4 rings (SSSR count). The Morgan fingerprint density at radius 3 is 2.13 bits per heavy atom. The minimum atomic E-state index is -0.764. The van der Waals surface area contributed by atoms with Gasteiger partial charge in [0.2, 0.25) is 0 Å². The summed E-state index contributed by atoms with van der Waals surface area (Å²) in [6.45, 7) is 14.4. The van der Waals surface area contributed by atoms with E-state index in [0.29, 0.717) is 11.3 Å². The van der Waals surface area contributed by atoms with Crippen molar-refractivity contribution in [3.63, 3.8) is 0 Å². The van der Waals surface area contributed by atoms with Crippen LogP contribution in [0.4, 0.5) is 5.69 Å². The lowest BCUT2D eigenvalue weighted by Gasteiger charge is -2.27. The second kappa shape index (κ2) is 10.7. The first kappa shape index (κ1) is 28.2. The second-order valence-electron chi connectivity index (χ2n) is 11.6. The van der Waals surface area contributed by atoms with Crippen LogP contribution in [0.5, 0.6) is 5.75 Å². The second-order valence-corrected chi connectivity index (χ2v) is 11.6. The molecule has 1 N–H and O–H groups in total. The number of anilines is 1. The van der Waals surface area contributed by atoms with Gasteiger partial charge in [0.05, 0.1) is 18.7 Å². The number of nitrogens with zero attached hydrogens (tertiary/aromatic N) is 1. The Balaban J connectivity index is 1.95. The fourth-order valence-corrected chi connectivity index (χ4v) is 5.20. The molecule has 1 fully saturated rings. The molecule has 0 radical (unpaired) electrons. The van der Waals surface area contributed by atoms with Crippen molar-refractivity contribution in [1.29, 1.82) is 0 Å². The van der Waals surface area contributed by atoms with Gasteiger partial charge in [-0.1, -0.05) is 77.9 Å². The highest BCUT2D eigenvalue weighted by Gasteiger charge is 2.47. The highest BCUT2D eigenvalue weighted by Crippen LogP contribution is 2.44. The molecule has 3 aromatic carbocycles. The molecule has 0 spiro atoms. The third kappa shape index (κ3) is 5.23. The molecule has 0 aliphatic carbocycles. The zero-order valence-corrected chi connectivity index (χ0v) is 24.3. The van der Waals surface area contributed by atoms with E-state index in [4.69, 9.17) is 4.74 Å². The number of benzene rings is 3. The van der Waals surface area contributed by atoms with Crippen molar-refractivity contribution in [3.05, 3.63) is 99.6 Å². The molecule has 1 atom stereocenters. The molecule has 5 heteroatoms. The van der Waals surface area contributed by atoms with Gasteiger partial charge in [0.25, 0.3) is 11.7 Å². The molecule has 1 aliphatic rings. The summed E-state index contributed by atoms with van der Waals surface area (Å²) in [6.07, 6.45) is 0.873. The number of hydrogen-bond donors (Lipinski definition) is 1. The van der Waals surface area contributed by atoms with Crippen LogP contribution in [0, 0.1) is 6.92 Å². The molecular formula is C34H39NO4. The normalized spacial score (nSPS) is 17.3. The first-order valence-corrected chi connectivity index (χ1v) is 13.6. The van der Waals surface area contributed by atoms with Gasteiger partial charge in [-0.3, -0.25) is 14.5 Å². The van der Waals surface area contributed by atoms with Gasteiger partial charge in [-0.15, -0.1) is 0 Å². The van der Waals surface area contributed by atoms with Crippen molar-refractivity contribution in [2.45, 2.75) is 72.3 Å². The van der Waals surface area contributed by atoms with E-state index in [0.717, 1.165) is 40.0 Å². The van der Waals surface area contributed by atoms with Crippen LogP contribution < -0.4 is 9.64 Å². The summed E-state index contributed by atoms with van der Waals surface area (Å²) in [6, 6.07) is 18.6. The fraction of sp³-hybridized carbons (Fsp3) is 0.353. The third-order valence-corrected chi connectivity index (χ3v) is 7.61. The van der Waals surface area contributed by atoms with Crippen LogP contribution in [0.15, 0.2) is 66.2 Å². The summed E-state index contributed by atoms with van der Waals surface area (Å²) >= 11 is 0. The van der Waals surface area contributed by atoms with Gasteiger partial charge < -0.3 is 9.84 Å². The lowest BCUT2D eigenvalue weighted by molar-refractivity contribution is -0.132. The van der Waals surface area contributed by atoms with Crippen LogP contribution in [0.3, 0.4) is 0 Å². The van der Waals surface area contributed by atoms with Gasteiger partial charge in [0.15, 0.2) is 0 Å². The monoisotopic (exact) mass is 525 g/mol. The maximum atomic E-state index is 13.7. The molecule has 3 aromatic rings. The summed E-state index contributed by atoms with van der Waals surface area (Å²) in [4.78, 5) is 28.8. The summed E-state index contributed by atoms with van der Waals surface area (Å²) in [7, 11) is 1.62. The van der Waals surface area contributed by atoms with E-state index >= 15 is 0 Å². The number of rotatable bonds is 6. The number of carbonyl (C=O) groups is 2. The zero-order chi connectivity index (χ0) is 28.6. The van der Waals surface area contributed by atoms with Gasteiger partial charge in [0.1, 0.15) is 11.5 Å². The maximum Gasteiger partial charge on any atom is 0.300 e. The van der Waals surface area contributed by atoms with Gasteiger partial charge in [-0.05, 0) is 76.8 Å². The largest absolute Gasteiger partial charge is 0.507 e. The Labute approximate surface area is 232 Å². The van der Waals surface area contributed by atoms with E-state index in [1.54, 1.807) is 7.11 Å². The number of carbonyl (C=O) groups excluding carboxylic acids is 2. The van der Waals surface area contributed by atoms with Crippen molar-refractivity contribution in [2.75, 3.05) is 12.0 Å². The van der Waals surface area contributed by atoms with E-state index in [1.807, 2.05) is 81.4 Å². The molecule has 204 valence electrons. The van der Waals surface area contributed by atoms with Crippen molar-refractivity contribution in [1.82, 2.24) is 0 Å². The fourth-order valence-electron chi connectivity index (χ4n) is 5.20. The van der Waals surface area contributed by atoms with E-state index in [1.165, 1.54) is 4.90 Å². The number of aliphatic hydroxyl groups excluding tert-OH is 1. The minimum absolute atomic E-state index is 0.0535. The topological polar surface area (TPSA) is 66.8 Å². The molecule has 1 amide bonds. The Bertz CT molecular complexity index is 1420. The molecule has 39 heavy (non-hydrogen) atoms. The van der Waals surface area contributed by atoms with Crippen molar-refractivity contribution < 1.29 is 19.4 Å². The van der Waals surface area contributed by atoms with Crippen LogP contribution in [0.2, 0.25) is 0 Å². The average molecular weight is 526 g/mol. The summed E-state index contributed by atoms with van der Waals surface area (Å²) in [5.74, 6) is -0.662. The maximum absolute atomic E-state index is 13.7. The quantitative estimate of drug-likeness (QED) is 0.204. The van der Waals surface area contributed by atoms with Gasteiger partial charge in [0, 0.05) is 11.3 Å². The summed E-state index contributed by atoms with van der Waals surface area (Å²) in [5, 5.41) is 11.7. The van der Waals surface area contributed by atoms with Crippen LogP contribution >= 0.6 is 0 Å². The molecule has 1 saturated heterocycles. The predicted molar refractivity (Wildman–Crippen MR) is 158 cm³/mol. The Morgan fingerprint density at radius 2 is 1.62 bits per heavy atom. The molecule has 1 heterocycles.